The van der Waals surface area contributed by atoms with Gasteiger partial charge in [0.2, 0.25) is 0 Å². The highest BCUT2D eigenvalue weighted by atomic mass is 19.4. The van der Waals surface area contributed by atoms with Crippen molar-refractivity contribution in [2.75, 3.05) is 13.1 Å². The number of halogens is 3. The lowest BCUT2D eigenvalue weighted by Crippen LogP contribution is -2.50. The van der Waals surface area contributed by atoms with Crippen LogP contribution in [0.1, 0.15) is 34.3 Å². The summed E-state index contributed by atoms with van der Waals surface area (Å²) in [5.41, 5.74) is -0.359. The number of piperidine rings is 1. The third-order valence-electron chi connectivity index (χ3n) is 4.61. The van der Waals surface area contributed by atoms with Gasteiger partial charge in [0.1, 0.15) is 5.69 Å². The predicted molar refractivity (Wildman–Crippen MR) is 76.4 cm³/mol. The van der Waals surface area contributed by atoms with Gasteiger partial charge in [-0.2, -0.15) is 18.3 Å². The molecule has 2 aromatic heterocycles. The van der Waals surface area contributed by atoms with Gasteiger partial charge in [0.05, 0.1) is 30.6 Å². The Labute approximate surface area is 140 Å². The molecule has 0 spiro atoms. The van der Waals surface area contributed by atoms with Gasteiger partial charge in [-0.25, -0.2) is 4.68 Å². The summed E-state index contributed by atoms with van der Waals surface area (Å²) in [6.45, 7) is 1.09. The second-order valence-electron chi connectivity index (χ2n) is 6.16. The first-order valence-electron chi connectivity index (χ1n) is 7.76. The van der Waals surface area contributed by atoms with Crippen LogP contribution in [0.25, 0.3) is 0 Å². The molecule has 134 valence electrons. The number of alkyl halides is 3. The number of ether oxygens (including phenoxy) is 1. The van der Waals surface area contributed by atoms with E-state index in [1.807, 2.05) is 0 Å². The standard InChI is InChI=1S/C14H15F3N6O2/c1-21-12(14(15,16)17)4-9(19-21)13(24)22-3-2-11-10(6-22)23-8(7-25-11)5-18-20-23/h4-5,10-11H,2-3,6-7H2,1H3/t10-,11+/m0/s1. The topological polar surface area (TPSA) is 78.1 Å². The van der Waals surface area contributed by atoms with E-state index in [1.54, 1.807) is 10.9 Å². The second kappa shape index (κ2) is 5.55. The SMILES string of the molecule is Cn1nc(C(=O)N2CC[C@H]3OCc4cnnn4[C@H]3C2)cc1C(F)(F)F. The van der Waals surface area contributed by atoms with Crippen LogP contribution in [0.4, 0.5) is 13.2 Å². The number of carbonyl (C=O) groups is 1. The molecular weight excluding hydrogens is 341 g/mol. The number of fused-ring (bicyclic) bond motifs is 3. The molecule has 25 heavy (non-hydrogen) atoms. The van der Waals surface area contributed by atoms with Crippen molar-refractivity contribution in [2.45, 2.75) is 31.3 Å². The average molecular weight is 356 g/mol. The van der Waals surface area contributed by atoms with Gasteiger partial charge in [0.25, 0.3) is 5.91 Å². The number of likely N-dealkylation sites (tertiary alicyclic amines) is 1. The van der Waals surface area contributed by atoms with Gasteiger partial charge in [-0.15, -0.1) is 5.10 Å². The highest BCUT2D eigenvalue weighted by molar-refractivity contribution is 5.92. The number of amides is 1. The van der Waals surface area contributed by atoms with Crippen LogP contribution in [0.15, 0.2) is 12.3 Å². The Morgan fingerprint density at radius 3 is 2.92 bits per heavy atom. The fraction of sp³-hybridized carbons (Fsp3) is 0.571. The third kappa shape index (κ3) is 2.68. The van der Waals surface area contributed by atoms with E-state index >= 15 is 0 Å². The minimum Gasteiger partial charge on any atom is -0.370 e. The Hall–Kier alpha value is -2.43. The summed E-state index contributed by atoms with van der Waals surface area (Å²) in [6.07, 6.45) is -2.46. The van der Waals surface area contributed by atoms with Crippen molar-refractivity contribution < 1.29 is 22.7 Å². The minimum absolute atomic E-state index is 0.0901. The summed E-state index contributed by atoms with van der Waals surface area (Å²) in [7, 11) is 1.17. The summed E-state index contributed by atoms with van der Waals surface area (Å²) in [6, 6.07) is 0.585. The zero-order valence-electron chi connectivity index (χ0n) is 13.3. The van der Waals surface area contributed by atoms with E-state index in [4.69, 9.17) is 4.74 Å². The molecule has 0 unspecified atom stereocenters. The number of carbonyl (C=O) groups excluding carboxylic acids is 1. The Morgan fingerprint density at radius 2 is 2.20 bits per heavy atom. The molecule has 2 aromatic rings. The quantitative estimate of drug-likeness (QED) is 0.762. The van der Waals surface area contributed by atoms with Crippen molar-refractivity contribution in [1.82, 2.24) is 29.7 Å². The molecule has 1 fully saturated rings. The zero-order valence-corrected chi connectivity index (χ0v) is 13.3. The molecule has 0 bridgehead atoms. The van der Waals surface area contributed by atoms with E-state index in [0.29, 0.717) is 24.3 Å². The number of rotatable bonds is 1. The lowest BCUT2D eigenvalue weighted by molar-refractivity contribution is -0.143. The van der Waals surface area contributed by atoms with Crippen LogP contribution < -0.4 is 0 Å². The molecule has 1 saturated heterocycles. The molecule has 8 nitrogen and oxygen atoms in total. The molecule has 0 aromatic carbocycles. The minimum atomic E-state index is -4.56. The largest absolute Gasteiger partial charge is 0.433 e. The summed E-state index contributed by atoms with van der Waals surface area (Å²) in [5.74, 6) is -0.531. The van der Waals surface area contributed by atoms with Crippen molar-refractivity contribution in [1.29, 1.82) is 0 Å². The van der Waals surface area contributed by atoms with Crippen molar-refractivity contribution in [2.24, 2.45) is 7.05 Å². The highest BCUT2D eigenvalue weighted by Gasteiger charge is 2.40. The maximum absolute atomic E-state index is 12.9. The van der Waals surface area contributed by atoms with Crippen LogP contribution in [0.5, 0.6) is 0 Å². The molecule has 0 aliphatic carbocycles. The van der Waals surface area contributed by atoms with Crippen molar-refractivity contribution in [3.63, 3.8) is 0 Å². The van der Waals surface area contributed by atoms with Gasteiger partial charge >= 0.3 is 6.18 Å². The first-order chi connectivity index (χ1) is 11.8. The molecule has 2 aliphatic heterocycles. The predicted octanol–water partition coefficient (Wildman–Crippen LogP) is 1.02. The van der Waals surface area contributed by atoms with Crippen LogP contribution in [0.2, 0.25) is 0 Å². The summed E-state index contributed by atoms with van der Waals surface area (Å²) < 4.78 is 46.9. The molecule has 0 saturated carbocycles. The second-order valence-corrected chi connectivity index (χ2v) is 6.16. The first-order valence-corrected chi connectivity index (χ1v) is 7.76. The number of nitrogens with zero attached hydrogens (tertiary/aromatic N) is 6. The smallest absolute Gasteiger partial charge is 0.370 e. The highest BCUT2D eigenvalue weighted by Crippen LogP contribution is 2.32. The van der Waals surface area contributed by atoms with Crippen molar-refractivity contribution in [3.8, 4) is 0 Å². The monoisotopic (exact) mass is 356 g/mol. The molecule has 0 N–H and O–H groups in total. The Bertz CT molecular complexity index is 814. The van der Waals surface area contributed by atoms with Crippen LogP contribution in [0.3, 0.4) is 0 Å². The van der Waals surface area contributed by atoms with Gasteiger partial charge < -0.3 is 9.64 Å². The number of hydrogen-bond donors (Lipinski definition) is 0. The maximum Gasteiger partial charge on any atom is 0.433 e. The van der Waals surface area contributed by atoms with Crippen LogP contribution in [0, 0.1) is 0 Å². The van der Waals surface area contributed by atoms with Gasteiger partial charge in [0, 0.05) is 26.2 Å². The summed E-state index contributed by atoms with van der Waals surface area (Å²) in [4.78, 5) is 14.1. The molecule has 2 aliphatic rings. The molecule has 11 heteroatoms. The first kappa shape index (κ1) is 16.1. The molecule has 0 radical (unpaired) electrons. The average Bonchev–Trinajstić information content (AvgIpc) is 3.19. The van der Waals surface area contributed by atoms with E-state index in [-0.39, 0.29) is 24.4 Å². The number of hydrogen-bond acceptors (Lipinski definition) is 5. The molecule has 2 atom stereocenters. The van der Waals surface area contributed by atoms with Crippen LogP contribution in [-0.2, 0) is 24.6 Å². The third-order valence-corrected chi connectivity index (χ3v) is 4.61. The Balaban J connectivity index is 1.57. The number of aryl methyl sites for hydroxylation is 1. The molecule has 4 heterocycles. The van der Waals surface area contributed by atoms with Crippen LogP contribution in [-0.4, -0.2) is 54.8 Å². The Morgan fingerprint density at radius 1 is 1.40 bits per heavy atom. The summed E-state index contributed by atoms with van der Waals surface area (Å²) >= 11 is 0. The van der Waals surface area contributed by atoms with Crippen molar-refractivity contribution in [3.05, 3.63) is 29.3 Å². The normalized spacial score (nSPS) is 23.3. The van der Waals surface area contributed by atoms with E-state index in [2.05, 4.69) is 15.4 Å². The summed E-state index contributed by atoms with van der Waals surface area (Å²) in [5, 5.41) is 11.6. The lowest BCUT2D eigenvalue weighted by Gasteiger charge is -2.40. The fourth-order valence-electron chi connectivity index (χ4n) is 3.36. The number of aromatic nitrogens is 5. The van der Waals surface area contributed by atoms with Crippen molar-refractivity contribution >= 4 is 5.91 Å². The maximum atomic E-state index is 12.9. The van der Waals surface area contributed by atoms with Gasteiger partial charge in [0.15, 0.2) is 5.69 Å². The molecular formula is C14H15F3N6O2. The van der Waals surface area contributed by atoms with E-state index in [0.717, 1.165) is 11.8 Å². The van der Waals surface area contributed by atoms with Gasteiger partial charge in [-0.05, 0) is 6.42 Å². The molecule has 1 amide bonds. The molecule has 4 rings (SSSR count). The van der Waals surface area contributed by atoms with Gasteiger partial charge in [-0.1, -0.05) is 5.21 Å². The van der Waals surface area contributed by atoms with E-state index in [9.17, 15) is 18.0 Å². The van der Waals surface area contributed by atoms with Crippen LogP contribution >= 0.6 is 0 Å². The van der Waals surface area contributed by atoms with E-state index < -0.39 is 17.8 Å². The van der Waals surface area contributed by atoms with E-state index in [1.165, 1.54) is 11.9 Å². The Kier molecular flexibility index (Phi) is 3.56. The lowest BCUT2D eigenvalue weighted by atomic mass is 10.00. The fourth-order valence-corrected chi connectivity index (χ4v) is 3.36. The van der Waals surface area contributed by atoms with Gasteiger partial charge in [-0.3, -0.25) is 9.48 Å². The zero-order chi connectivity index (χ0) is 17.8.